The Labute approximate surface area is 92.6 Å². The van der Waals surface area contributed by atoms with Crippen LogP contribution in [0.3, 0.4) is 0 Å². The Morgan fingerprint density at radius 2 is 1.80 bits per heavy atom. The third-order valence-corrected chi connectivity index (χ3v) is 2.34. The van der Waals surface area contributed by atoms with Crippen molar-refractivity contribution in [3.63, 3.8) is 0 Å². The van der Waals surface area contributed by atoms with Crippen LogP contribution in [0, 0.1) is 0 Å². The van der Waals surface area contributed by atoms with Crippen molar-refractivity contribution in [3.05, 3.63) is 65.8 Å². The van der Waals surface area contributed by atoms with Gasteiger partial charge in [0.05, 0.1) is 0 Å². The summed E-state index contributed by atoms with van der Waals surface area (Å²) in [5.41, 5.74) is 2.68. The van der Waals surface area contributed by atoms with Crippen LogP contribution >= 0.6 is 0 Å². The lowest BCUT2D eigenvalue weighted by atomic mass is 10.0. The largest absolute Gasteiger partial charge is 0.0842 e. The zero-order valence-corrected chi connectivity index (χ0v) is 8.19. The van der Waals surface area contributed by atoms with Crippen LogP contribution in [-0.4, -0.2) is 0 Å². The lowest BCUT2D eigenvalue weighted by molar-refractivity contribution is 0.992. The second kappa shape index (κ2) is 6.02. The minimum atomic E-state index is 0. The van der Waals surface area contributed by atoms with Gasteiger partial charge in [-0.2, -0.15) is 0 Å². The van der Waals surface area contributed by atoms with E-state index in [1.54, 1.807) is 0 Å². The zero-order chi connectivity index (χ0) is 9.64. The van der Waals surface area contributed by atoms with Crippen molar-refractivity contribution in [3.8, 4) is 0 Å². The molecule has 0 nitrogen and oxygen atoms in total. The van der Waals surface area contributed by atoms with E-state index in [0.717, 1.165) is 0 Å². The van der Waals surface area contributed by atoms with Gasteiger partial charge in [0.1, 0.15) is 0 Å². The minimum Gasteiger partial charge on any atom is -0.0842 e. The average molecular weight is 198 g/mol. The molecule has 0 N–H and O–H groups in total. The van der Waals surface area contributed by atoms with Gasteiger partial charge in [-0.3, -0.25) is 0 Å². The smallest absolute Gasteiger partial charge is 0.0244 e. The Balaban J connectivity index is 0.00000112. The van der Waals surface area contributed by atoms with E-state index in [1.807, 2.05) is 6.07 Å². The predicted octanol–water partition coefficient (Wildman–Crippen LogP) is 4.61. The van der Waals surface area contributed by atoms with Gasteiger partial charge in [-0.1, -0.05) is 68.1 Å². The second-order valence-electron chi connectivity index (χ2n) is 3.45. The Kier molecular flexibility index (Phi) is 4.62. The Morgan fingerprint density at radius 1 is 1.00 bits per heavy atom. The summed E-state index contributed by atoms with van der Waals surface area (Å²) in [6.45, 7) is 0. The quantitative estimate of drug-likeness (QED) is 0.651. The molecule has 0 aromatic heterocycles. The van der Waals surface area contributed by atoms with Crippen LogP contribution in [0.4, 0.5) is 0 Å². The average Bonchev–Trinajstić information content (AvgIpc) is 2.29. The van der Waals surface area contributed by atoms with E-state index in [2.05, 4.69) is 54.6 Å². The van der Waals surface area contributed by atoms with E-state index in [4.69, 9.17) is 0 Å². The molecule has 1 aromatic rings. The van der Waals surface area contributed by atoms with Crippen molar-refractivity contribution in [2.24, 2.45) is 0 Å². The first-order chi connectivity index (χ1) is 6.95. The van der Waals surface area contributed by atoms with Crippen LogP contribution in [-0.2, 0) is 0 Å². The fourth-order valence-corrected chi connectivity index (χ4v) is 1.53. The van der Waals surface area contributed by atoms with Crippen molar-refractivity contribution in [2.75, 3.05) is 0 Å². The molecule has 0 atom stereocenters. The van der Waals surface area contributed by atoms with Crippen molar-refractivity contribution in [1.29, 1.82) is 0 Å². The number of hydrogen-bond donors (Lipinski definition) is 0. The van der Waals surface area contributed by atoms with Gasteiger partial charge >= 0.3 is 0 Å². The maximum atomic E-state index is 2.21. The molecule has 15 heavy (non-hydrogen) atoms. The van der Waals surface area contributed by atoms with E-state index in [-0.39, 0.29) is 7.43 Å². The van der Waals surface area contributed by atoms with Gasteiger partial charge in [-0.25, -0.2) is 0 Å². The summed E-state index contributed by atoms with van der Waals surface area (Å²) in [6.07, 6.45) is 13.2. The fraction of sp³-hybridized carbons (Fsp3) is 0.200. The molecular weight excluding hydrogens is 180 g/mol. The summed E-state index contributed by atoms with van der Waals surface area (Å²) in [6, 6.07) is 10.4. The lowest BCUT2D eigenvalue weighted by Gasteiger charge is -2.02. The number of benzene rings is 1. The molecule has 0 heterocycles. The molecule has 0 bridgehead atoms. The maximum absolute atomic E-state index is 2.21. The second-order valence-corrected chi connectivity index (χ2v) is 3.45. The molecule has 0 aliphatic heterocycles. The molecule has 1 aliphatic carbocycles. The van der Waals surface area contributed by atoms with Crippen LogP contribution in [0.5, 0.6) is 0 Å². The van der Waals surface area contributed by atoms with Crippen LogP contribution in [0.25, 0.3) is 6.08 Å². The highest BCUT2D eigenvalue weighted by Gasteiger charge is 1.94. The summed E-state index contributed by atoms with van der Waals surface area (Å²) in [5, 5.41) is 0. The summed E-state index contributed by atoms with van der Waals surface area (Å²) in [5.74, 6) is 0. The van der Waals surface area contributed by atoms with Gasteiger partial charge in [0.15, 0.2) is 0 Å². The number of allylic oxidation sites excluding steroid dienone is 5. The van der Waals surface area contributed by atoms with E-state index in [0.29, 0.717) is 0 Å². The van der Waals surface area contributed by atoms with Gasteiger partial charge in [-0.05, 0) is 24.0 Å². The molecule has 1 aromatic carbocycles. The van der Waals surface area contributed by atoms with E-state index >= 15 is 0 Å². The van der Waals surface area contributed by atoms with Crippen molar-refractivity contribution < 1.29 is 0 Å². The van der Waals surface area contributed by atoms with Gasteiger partial charge in [0.2, 0.25) is 0 Å². The summed E-state index contributed by atoms with van der Waals surface area (Å²) < 4.78 is 0. The molecule has 1 aliphatic rings. The number of rotatable bonds is 2. The molecule has 0 amide bonds. The van der Waals surface area contributed by atoms with Crippen molar-refractivity contribution in [1.82, 2.24) is 0 Å². The monoisotopic (exact) mass is 198 g/mol. The third kappa shape index (κ3) is 3.59. The SMILES string of the molecule is C.C1=CCCC(/C=C/c2ccccc2)=C1. The summed E-state index contributed by atoms with van der Waals surface area (Å²) >= 11 is 0. The first-order valence-corrected chi connectivity index (χ1v) is 5.04. The Morgan fingerprint density at radius 3 is 2.47 bits per heavy atom. The molecule has 0 fully saturated rings. The normalized spacial score (nSPS) is 14.8. The van der Waals surface area contributed by atoms with Gasteiger partial charge in [-0.15, -0.1) is 0 Å². The molecular formula is C15H18. The first-order valence-electron chi connectivity index (χ1n) is 5.04. The molecule has 78 valence electrons. The van der Waals surface area contributed by atoms with Crippen molar-refractivity contribution >= 4 is 6.08 Å². The van der Waals surface area contributed by atoms with E-state index < -0.39 is 0 Å². The van der Waals surface area contributed by atoms with Crippen molar-refractivity contribution in [2.45, 2.75) is 20.3 Å². The predicted molar refractivity (Wildman–Crippen MR) is 68.7 cm³/mol. The van der Waals surface area contributed by atoms with Gasteiger partial charge in [0, 0.05) is 0 Å². The van der Waals surface area contributed by atoms with Crippen LogP contribution in [0.15, 0.2) is 60.2 Å². The third-order valence-electron chi connectivity index (χ3n) is 2.34. The van der Waals surface area contributed by atoms with Gasteiger partial charge in [0.25, 0.3) is 0 Å². The molecule has 0 saturated heterocycles. The zero-order valence-electron chi connectivity index (χ0n) is 8.19. The minimum absolute atomic E-state index is 0. The van der Waals surface area contributed by atoms with E-state index in [1.165, 1.54) is 24.0 Å². The highest BCUT2D eigenvalue weighted by atomic mass is 14.0. The number of hydrogen-bond acceptors (Lipinski definition) is 0. The lowest BCUT2D eigenvalue weighted by Crippen LogP contribution is -1.82. The standard InChI is InChI=1S/C14H14.CH4/c1-3-7-13(8-4-1)11-12-14-9-5-2-6-10-14;/h1-5,7-9,11-12H,6,10H2;1H4/b12-11+;. The molecule has 0 spiro atoms. The summed E-state index contributed by atoms with van der Waals surface area (Å²) in [7, 11) is 0. The van der Waals surface area contributed by atoms with Crippen LogP contribution in [0.2, 0.25) is 0 Å². The topological polar surface area (TPSA) is 0 Å². The highest BCUT2D eigenvalue weighted by molar-refractivity contribution is 5.53. The maximum Gasteiger partial charge on any atom is -0.0244 e. The summed E-state index contributed by atoms with van der Waals surface area (Å²) in [4.78, 5) is 0. The van der Waals surface area contributed by atoms with E-state index in [9.17, 15) is 0 Å². The molecule has 0 heteroatoms. The molecule has 0 unspecified atom stereocenters. The molecule has 2 rings (SSSR count). The Bertz CT molecular complexity index is 366. The van der Waals surface area contributed by atoms with Crippen LogP contribution in [0.1, 0.15) is 25.8 Å². The highest BCUT2D eigenvalue weighted by Crippen LogP contribution is 2.14. The molecule has 0 radical (unpaired) electrons. The first kappa shape index (κ1) is 11.5. The Hall–Kier alpha value is -1.56. The van der Waals surface area contributed by atoms with Crippen LogP contribution < -0.4 is 0 Å². The molecule has 0 saturated carbocycles. The van der Waals surface area contributed by atoms with Gasteiger partial charge < -0.3 is 0 Å². The fourth-order valence-electron chi connectivity index (χ4n) is 1.53.